The number of aliphatic hydroxyl groups excluding tert-OH is 1. The first-order valence-corrected chi connectivity index (χ1v) is 13.7. The molecule has 3 heterocycles. The highest BCUT2D eigenvalue weighted by Crippen LogP contribution is 2.43. The summed E-state index contributed by atoms with van der Waals surface area (Å²) in [6.45, 7) is 10.4. The highest BCUT2D eigenvalue weighted by atomic mass is 28.3. The zero-order valence-corrected chi connectivity index (χ0v) is 18.7. The normalized spacial score (nSPS) is 38.7. The fraction of sp³-hybridized carbons (Fsp3) is 0.850. The molecule has 8 heteroatoms. The highest BCUT2D eigenvalue weighted by molar-refractivity contribution is 6.80. The van der Waals surface area contributed by atoms with E-state index < -0.39 is 32.2 Å². The first kappa shape index (κ1) is 21.9. The summed E-state index contributed by atoms with van der Waals surface area (Å²) in [4.78, 5) is 11.6. The topological polar surface area (TPSA) is 83.5 Å². The van der Waals surface area contributed by atoms with Crippen LogP contribution in [0.5, 0.6) is 0 Å². The number of esters is 1. The lowest BCUT2D eigenvalue weighted by Crippen LogP contribution is -2.62. The molecule has 7 nitrogen and oxygen atoms in total. The molecule has 1 N–H and O–H groups in total. The molecule has 3 rings (SSSR count). The van der Waals surface area contributed by atoms with E-state index >= 15 is 0 Å². The zero-order valence-electron chi connectivity index (χ0n) is 17.7. The quantitative estimate of drug-likeness (QED) is 0.545. The van der Waals surface area contributed by atoms with E-state index in [4.69, 9.17) is 23.7 Å². The maximum atomic E-state index is 11.6. The third-order valence-corrected chi connectivity index (χ3v) is 6.58. The largest absolute Gasteiger partial charge is 0.469 e. The van der Waals surface area contributed by atoms with Gasteiger partial charge in [0.25, 0.3) is 0 Å². The van der Waals surface area contributed by atoms with E-state index in [1.165, 1.54) is 7.11 Å². The van der Waals surface area contributed by atoms with Crippen molar-refractivity contribution in [2.75, 3.05) is 7.11 Å². The van der Waals surface area contributed by atoms with Gasteiger partial charge in [-0.25, -0.2) is 0 Å². The van der Waals surface area contributed by atoms with Crippen LogP contribution in [-0.2, 0) is 28.5 Å². The molecular formula is C20H34O7Si. The number of carbonyl (C=O) groups excluding carboxylic acids is 1. The van der Waals surface area contributed by atoms with Gasteiger partial charge in [-0.2, -0.15) is 0 Å². The Bertz CT molecular complexity index is 600. The minimum atomic E-state index is -1.45. The summed E-state index contributed by atoms with van der Waals surface area (Å²) < 4.78 is 29.5. The Hall–Kier alpha value is -0.773. The van der Waals surface area contributed by atoms with Gasteiger partial charge in [0.2, 0.25) is 0 Å². The summed E-state index contributed by atoms with van der Waals surface area (Å²) in [6, 6.07) is 0. The second-order valence-corrected chi connectivity index (χ2v) is 14.6. The number of hydrogen-bond donors (Lipinski definition) is 1. The van der Waals surface area contributed by atoms with Crippen LogP contribution in [0.3, 0.4) is 0 Å². The molecule has 7 atom stereocenters. The van der Waals surface area contributed by atoms with E-state index in [1.807, 2.05) is 19.9 Å². The minimum absolute atomic E-state index is 0.201. The summed E-state index contributed by atoms with van der Waals surface area (Å²) >= 11 is 0. The molecule has 3 aliphatic heterocycles. The third kappa shape index (κ3) is 5.04. The van der Waals surface area contributed by atoms with Crippen molar-refractivity contribution >= 4 is 14.0 Å². The smallest absolute Gasteiger partial charge is 0.308 e. The summed E-state index contributed by atoms with van der Waals surface area (Å²) in [5.41, 5.74) is 2.12. The Morgan fingerprint density at radius 1 is 1.18 bits per heavy atom. The van der Waals surface area contributed by atoms with E-state index in [0.717, 1.165) is 6.42 Å². The molecule has 0 aromatic rings. The van der Waals surface area contributed by atoms with Crippen molar-refractivity contribution in [2.24, 2.45) is 0 Å². The van der Waals surface area contributed by atoms with Crippen LogP contribution in [0.25, 0.3) is 0 Å². The zero-order chi connectivity index (χ0) is 20.7. The SMILES string of the molecule is COC(=O)C[C@H]1CC[C@@H]2O[C@@H]([C@@H](O)/C=C/[Si](C)(C)C)[C@H]3OC(C)(C)O[C@H]3[C@H]2O1. The van der Waals surface area contributed by atoms with E-state index in [1.54, 1.807) is 0 Å². The van der Waals surface area contributed by atoms with Gasteiger partial charge in [0.05, 0.1) is 33.8 Å². The molecule has 3 saturated heterocycles. The van der Waals surface area contributed by atoms with Gasteiger partial charge in [-0.3, -0.25) is 4.79 Å². The van der Waals surface area contributed by atoms with Crippen molar-refractivity contribution in [3.8, 4) is 0 Å². The van der Waals surface area contributed by atoms with Gasteiger partial charge < -0.3 is 28.8 Å². The standard InChI is InChI=1S/C20H34O7Si/c1-20(2)26-18-16(13(21)9-10-28(4,5)6)25-14-8-7-12(11-15(22)23-3)24-17(14)19(18)27-20/h9-10,12-14,16-19,21H,7-8,11H2,1-6H3/b10-9+/t12-,13+,14+,16+,17+,18-,19+/m1/s1. The van der Waals surface area contributed by atoms with Gasteiger partial charge in [0, 0.05) is 0 Å². The molecule has 0 bridgehead atoms. The molecule has 3 aliphatic rings. The van der Waals surface area contributed by atoms with Crippen molar-refractivity contribution in [3.05, 3.63) is 11.8 Å². The Balaban J connectivity index is 1.77. The van der Waals surface area contributed by atoms with Crippen LogP contribution < -0.4 is 0 Å². The van der Waals surface area contributed by atoms with Gasteiger partial charge >= 0.3 is 5.97 Å². The number of methoxy groups -OCH3 is 1. The first-order valence-electron chi connectivity index (χ1n) is 10.1. The average Bonchev–Trinajstić information content (AvgIpc) is 2.93. The fourth-order valence-corrected chi connectivity index (χ4v) is 4.90. The number of carbonyl (C=O) groups is 1. The van der Waals surface area contributed by atoms with Gasteiger partial charge in [-0.1, -0.05) is 31.4 Å². The highest BCUT2D eigenvalue weighted by Gasteiger charge is 2.58. The van der Waals surface area contributed by atoms with Crippen LogP contribution in [0.4, 0.5) is 0 Å². The Morgan fingerprint density at radius 2 is 1.86 bits per heavy atom. The van der Waals surface area contributed by atoms with Crippen molar-refractivity contribution in [1.29, 1.82) is 0 Å². The second-order valence-electron chi connectivity index (χ2n) is 9.50. The van der Waals surface area contributed by atoms with Gasteiger partial charge in [-0.05, 0) is 26.7 Å². The molecule has 0 aromatic heterocycles. The molecule has 0 amide bonds. The second kappa shape index (κ2) is 8.16. The van der Waals surface area contributed by atoms with Crippen LogP contribution in [0.2, 0.25) is 19.6 Å². The van der Waals surface area contributed by atoms with Crippen LogP contribution in [0.15, 0.2) is 11.8 Å². The minimum Gasteiger partial charge on any atom is -0.469 e. The number of aliphatic hydroxyl groups is 1. The molecule has 0 unspecified atom stereocenters. The van der Waals surface area contributed by atoms with Crippen molar-refractivity contribution in [3.63, 3.8) is 0 Å². The van der Waals surface area contributed by atoms with Crippen molar-refractivity contribution in [1.82, 2.24) is 0 Å². The number of hydrogen-bond acceptors (Lipinski definition) is 7. The third-order valence-electron chi connectivity index (χ3n) is 5.38. The summed E-state index contributed by atoms with van der Waals surface area (Å²) in [6.07, 6.45) is 0.659. The summed E-state index contributed by atoms with van der Waals surface area (Å²) in [7, 11) is -0.0661. The van der Waals surface area contributed by atoms with Crippen LogP contribution in [0.1, 0.15) is 33.1 Å². The Kier molecular flexibility index (Phi) is 6.39. The van der Waals surface area contributed by atoms with Crippen LogP contribution in [0, 0.1) is 0 Å². The van der Waals surface area contributed by atoms with Crippen molar-refractivity contribution < 1.29 is 33.6 Å². The molecule has 0 aliphatic carbocycles. The lowest BCUT2D eigenvalue weighted by atomic mass is 9.87. The molecule has 160 valence electrons. The molecule has 3 fully saturated rings. The van der Waals surface area contributed by atoms with E-state index in [0.29, 0.717) is 6.42 Å². The number of ether oxygens (including phenoxy) is 5. The number of rotatable bonds is 5. The van der Waals surface area contributed by atoms with Gasteiger partial charge in [0.15, 0.2) is 5.79 Å². The predicted molar refractivity (Wildman–Crippen MR) is 106 cm³/mol. The maximum absolute atomic E-state index is 11.6. The lowest BCUT2D eigenvalue weighted by Gasteiger charge is -2.47. The summed E-state index contributed by atoms with van der Waals surface area (Å²) in [5.74, 6) is -1.07. The molecular weight excluding hydrogens is 380 g/mol. The van der Waals surface area contributed by atoms with Gasteiger partial charge in [0.1, 0.15) is 30.5 Å². The predicted octanol–water partition coefficient (Wildman–Crippen LogP) is 2.18. The Labute approximate surface area is 168 Å². The van der Waals surface area contributed by atoms with Gasteiger partial charge in [-0.15, -0.1) is 0 Å². The fourth-order valence-electron chi connectivity index (χ4n) is 4.12. The van der Waals surface area contributed by atoms with E-state index in [9.17, 15) is 9.90 Å². The van der Waals surface area contributed by atoms with Crippen LogP contribution in [-0.4, -0.2) is 74.8 Å². The maximum Gasteiger partial charge on any atom is 0.308 e. The molecule has 28 heavy (non-hydrogen) atoms. The average molecular weight is 415 g/mol. The first-order chi connectivity index (χ1) is 13.0. The van der Waals surface area contributed by atoms with E-state index in [-0.39, 0.29) is 36.8 Å². The number of fused-ring (bicyclic) bond motifs is 3. The molecule has 0 spiro atoms. The lowest BCUT2D eigenvalue weighted by molar-refractivity contribution is -0.250. The monoisotopic (exact) mass is 414 g/mol. The van der Waals surface area contributed by atoms with Crippen molar-refractivity contribution in [2.45, 2.75) is 101 Å². The summed E-state index contributed by atoms with van der Waals surface area (Å²) in [5, 5.41) is 10.8. The van der Waals surface area contributed by atoms with E-state index in [2.05, 4.69) is 25.3 Å². The van der Waals surface area contributed by atoms with Crippen LogP contribution >= 0.6 is 0 Å². The molecule has 0 radical (unpaired) electrons. The molecule has 0 aromatic carbocycles. The molecule has 0 saturated carbocycles. The Morgan fingerprint density at radius 3 is 2.50 bits per heavy atom.